The van der Waals surface area contributed by atoms with E-state index in [1.165, 1.54) is 18.2 Å². The Kier molecular flexibility index (Phi) is 7.53. The molecule has 0 aliphatic heterocycles. The summed E-state index contributed by atoms with van der Waals surface area (Å²) >= 11 is 0. The monoisotopic (exact) mass is 365 g/mol. The second-order valence-corrected chi connectivity index (χ2v) is 5.75. The zero-order chi connectivity index (χ0) is 19.0. The third-order valence-electron chi connectivity index (χ3n) is 2.47. The molecule has 1 aromatic carbocycles. The Bertz CT molecular complexity index is 600. The van der Waals surface area contributed by atoms with Crippen molar-refractivity contribution in [2.75, 3.05) is 6.54 Å². The highest BCUT2D eigenvalue weighted by Gasteiger charge is 2.16. The van der Waals surface area contributed by atoms with Crippen molar-refractivity contribution in [1.82, 2.24) is 5.32 Å². The fraction of sp³-hybridized carbons (Fsp3) is 0.438. The molecule has 0 heterocycles. The number of alkyl carbamates (subject to hydrolysis) is 1. The van der Waals surface area contributed by atoms with Gasteiger partial charge >= 0.3 is 19.3 Å². The molecule has 9 heteroatoms. The smallest absolute Gasteiger partial charge is 0.407 e. The van der Waals surface area contributed by atoms with E-state index in [9.17, 15) is 22.4 Å². The maximum atomic E-state index is 12.4. The van der Waals surface area contributed by atoms with Gasteiger partial charge in [-0.15, -0.1) is 0 Å². The van der Waals surface area contributed by atoms with Gasteiger partial charge in [-0.3, -0.25) is 0 Å². The summed E-state index contributed by atoms with van der Waals surface area (Å²) in [6, 6.07) is 3.58. The number of hydrogen-bond donors (Lipinski definition) is 1. The number of hydrogen-bond acceptors (Lipinski definition) is 4. The van der Waals surface area contributed by atoms with Gasteiger partial charge in [-0.1, -0.05) is 18.2 Å². The topological polar surface area (TPSA) is 56.8 Å². The average Bonchev–Trinajstić information content (AvgIpc) is 2.43. The van der Waals surface area contributed by atoms with Crippen LogP contribution in [0.25, 0.3) is 6.08 Å². The Labute approximate surface area is 142 Å². The summed E-state index contributed by atoms with van der Waals surface area (Å²) in [5.41, 5.74) is -0.237. The normalized spacial score (nSPS) is 11.9. The van der Waals surface area contributed by atoms with Crippen LogP contribution in [-0.2, 0) is 4.74 Å². The van der Waals surface area contributed by atoms with Crippen molar-refractivity contribution >= 4 is 12.2 Å². The molecule has 0 saturated heterocycles. The standard InChI is InChI=1S/C16H19F4NO4/c1-16(2,3)25-15(22)21-8-4-5-10-6-7-11(23-13(17)18)12(9-10)24-14(19)20/h4-7,9,13-14H,8H2,1-3H3,(H,21,22). The van der Waals surface area contributed by atoms with Crippen molar-refractivity contribution in [3.8, 4) is 11.5 Å². The number of carbonyl (C=O) groups excluding carboxylic acids is 1. The van der Waals surface area contributed by atoms with Crippen LogP contribution in [0.2, 0.25) is 0 Å². The first-order valence-electron chi connectivity index (χ1n) is 7.24. The van der Waals surface area contributed by atoms with Gasteiger partial charge in [0.15, 0.2) is 11.5 Å². The highest BCUT2D eigenvalue weighted by Crippen LogP contribution is 2.31. The van der Waals surface area contributed by atoms with Crippen LogP contribution < -0.4 is 14.8 Å². The summed E-state index contributed by atoms with van der Waals surface area (Å²) in [6.45, 7) is -1.08. The van der Waals surface area contributed by atoms with E-state index in [0.29, 0.717) is 5.56 Å². The Balaban J connectivity index is 2.70. The summed E-state index contributed by atoms with van der Waals surface area (Å²) in [7, 11) is 0. The Morgan fingerprint density at radius 3 is 2.28 bits per heavy atom. The van der Waals surface area contributed by atoms with E-state index in [-0.39, 0.29) is 6.54 Å². The lowest BCUT2D eigenvalue weighted by Gasteiger charge is -2.19. The second-order valence-electron chi connectivity index (χ2n) is 5.75. The fourth-order valence-corrected chi connectivity index (χ4v) is 1.66. The van der Waals surface area contributed by atoms with Gasteiger partial charge in [0.25, 0.3) is 0 Å². The minimum atomic E-state index is -3.19. The van der Waals surface area contributed by atoms with Gasteiger partial charge in [-0.05, 0) is 38.5 Å². The fourth-order valence-electron chi connectivity index (χ4n) is 1.66. The molecule has 0 radical (unpaired) electrons. The molecule has 0 unspecified atom stereocenters. The highest BCUT2D eigenvalue weighted by molar-refractivity contribution is 5.68. The molecular formula is C16H19F4NO4. The predicted molar refractivity (Wildman–Crippen MR) is 83.0 cm³/mol. The van der Waals surface area contributed by atoms with Crippen LogP contribution in [0.1, 0.15) is 26.3 Å². The molecule has 0 atom stereocenters. The molecule has 1 amide bonds. The Morgan fingerprint density at radius 1 is 1.12 bits per heavy atom. The van der Waals surface area contributed by atoms with Crippen molar-refractivity contribution < 1.29 is 36.6 Å². The van der Waals surface area contributed by atoms with E-state index in [1.54, 1.807) is 20.8 Å². The molecule has 0 aliphatic carbocycles. The molecular weight excluding hydrogens is 346 g/mol. The van der Waals surface area contributed by atoms with Gasteiger partial charge in [0, 0.05) is 6.54 Å². The van der Waals surface area contributed by atoms with Crippen LogP contribution in [0.5, 0.6) is 11.5 Å². The summed E-state index contributed by atoms with van der Waals surface area (Å²) in [6.07, 6.45) is 2.40. The number of amides is 1. The highest BCUT2D eigenvalue weighted by atomic mass is 19.3. The maximum Gasteiger partial charge on any atom is 0.407 e. The van der Waals surface area contributed by atoms with Gasteiger partial charge in [0.05, 0.1) is 0 Å². The van der Waals surface area contributed by atoms with Crippen LogP contribution in [0.3, 0.4) is 0 Å². The van der Waals surface area contributed by atoms with Crippen LogP contribution >= 0.6 is 0 Å². The predicted octanol–water partition coefficient (Wildman–Crippen LogP) is 4.43. The molecule has 0 saturated carbocycles. The van der Waals surface area contributed by atoms with Crippen molar-refractivity contribution in [1.29, 1.82) is 0 Å². The first-order valence-corrected chi connectivity index (χ1v) is 7.24. The molecule has 0 aliphatic rings. The molecule has 0 fully saturated rings. The molecule has 1 rings (SSSR count). The van der Waals surface area contributed by atoms with E-state index < -0.39 is 36.4 Å². The SMILES string of the molecule is CC(C)(C)OC(=O)NCC=Cc1ccc(OC(F)F)c(OC(F)F)c1. The summed E-state index contributed by atoms with van der Waals surface area (Å²) < 4.78 is 62.5. The summed E-state index contributed by atoms with van der Waals surface area (Å²) in [5, 5.41) is 2.47. The molecule has 25 heavy (non-hydrogen) atoms. The van der Waals surface area contributed by atoms with Crippen LogP contribution in [0.15, 0.2) is 24.3 Å². The van der Waals surface area contributed by atoms with Crippen LogP contribution in [-0.4, -0.2) is 31.5 Å². The van der Waals surface area contributed by atoms with Gasteiger partial charge in [0.1, 0.15) is 5.60 Å². The second kappa shape index (κ2) is 9.14. The largest absolute Gasteiger partial charge is 0.444 e. The van der Waals surface area contributed by atoms with E-state index in [2.05, 4.69) is 14.8 Å². The lowest BCUT2D eigenvalue weighted by Crippen LogP contribution is -2.32. The van der Waals surface area contributed by atoms with Crippen LogP contribution in [0, 0.1) is 0 Å². The summed E-state index contributed by atoms with van der Waals surface area (Å²) in [4.78, 5) is 11.4. The minimum absolute atomic E-state index is 0.120. The van der Waals surface area contributed by atoms with Crippen LogP contribution in [0.4, 0.5) is 22.4 Å². The molecule has 1 N–H and O–H groups in total. The van der Waals surface area contributed by atoms with Gasteiger partial charge in [-0.25, -0.2) is 4.79 Å². The Morgan fingerprint density at radius 2 is 1.72 bits per heavy atom. The molecule has 1 aromatic rings. The van der Waals surface area contributed by atoms with Gasteiger partial charge in [0.2, 0.25) is 0 Å². The first-order chi connectivity index (χ1) is 11.6. The third kappa shape index (κ3) is 8.83. The van der Waals surface area contributed by atoms with Gasteiger partial charge in [-0.2, -0.15) is 17.6 Å². The van der Waals surface area contributed by atoms with Crippen molar-refractivity contribution in [2.24, 2.45) is 0 Å². The van der Waals surface area contributed by atoms with E-state index >= 15 is 0 Å². The quantitative estimate of drug-likeness (QED) is 0.727. The number of ether oxygens (including phenoxy) is 3. The third-order valence-corrected chi connectivity index (χ3v) is 2.47. The number of halogens is 4. The maximum absolute atomic E-state index is 12.4. The number of alkyl halides is 4. The van der Waals surface area contributed by atoms with Crippen molar-refractivity contribution in [2.45, 2.75) is 39.6 Å². The number of benzene rings is 1. The number of carbonyl (C=O) groups is 1. The van der Waals surface area contributed by atoms with Gasteiger partial charge < -0.3 is 19.5 Å². The van der Waals surface area contributed by atoms with Crippen molar-refractivity contribution in [3.05, 3.63) is 29.8 Å². The molecule has 140 valence electrons. The van der Waals surface area contributed by atoms with E-state index in [0.717, 1.165) is 12.1 Å². The molecule has 0 bridgehead atoms. The number of rotatable bonds is 7. The average molecular weight is 365 g/mol. The zero-order valence-electron chi connectivity index (χ0n) is 13.9. The van der Waals surface area contributed by atoms with E-state index in [4.69, 9.17) is 4.74 Å². The molecule has 0 aromatic heterocycles. The molecule has 0 spiro atoms. The Hall–Kier alpha value is -2.45. The minimum Gasteiger partial charge on any atom is -0.444 e. The zero-order valence-corrected chi connectivity index (χ0v) is 13.9. The lowest BCUT2D eigenvalue weighted by atomic mass is 10.2. The molecule has 5 nitrogen and oxygen atoms in total. The number of nitrogens with one attached hydrogen (secondary N) is 1. The first kappa shape index (κ1) is 20.6. The van der Waals surface area contributed by atoms with E-state index in [1.807, 2.05) is 0 Å². The lowest BCUT2D eigenvalue weighted by molar-refractivity contribution is -0.0692. The summed E-state index contributed by atoms with van der Waals surface area (Å²) in [5.74, 6) is -1.02. The van der Waals surface area contributed by atoms with Crippen molar-refractivity contribution in [3.63, 3.8) is 0 Å².